The van der Waals surface area contributed by atoms with Crippen molar-refractivity contribution < 1.29 is 37.0 Å². The van der Waals surface area contributed by atoms with E-state index in [0.29, 0.717) is 17.9 Å². The number of carbonyl (C=O) groups is 2. The van der Waals surface area contributed by atoms with Crippen LogP contribution in [-0.4, -0.2) is 29.8 Å². The van der Waals surface area contributed by atoms with E-state index in [-0.39, 0.29) is 12.1 Å². The van der Waals surface area contributed by atoms with Gasteiger partial charge in [0, 0.05) is 24.4 Å². The molecule has 1 N–H and O–H groups in total. The highest BCUT2D eigenvalue weighted by molar-refractivity contribution is 5.89. The van der Waals surface area contributed by atoms with Gasteiger partial charge in [-0.2, -0.15) is 0 Å². The molecule has 7 nitrogen and oxygen atoms in total. The average Bonchev–Trinajstić information content (AvgIpc) is 2.85. The van der Waals surface area contributed by atoms with Crippen LogP contribution in [0, 0.1) is 0 Å². The van der Waals surface area contributed by atoms with Gasteiger partial charge >= 0.3 is 12.3 Å². The van der Waals surface area contributed by atoms with Crippen molar-refractivity contribution in [3.8, 4) is 11.5 Å². The number of ether oxygens (including phenoxy) is 3. The number of pyridine rings is 1. The number of nitrogens with zero attached hydrogens (tertiary/aromatic N) is 1. The Morgan fingerprint density at radius 2 is 1.71 bits per heavy atom. The van der Waals surface area contributed by atoms with Crippen molar-refractivity contribution in [2.45, 2.75) is 19.5 Å². The number of para-hydroxylation sites is 1. The molecule has 0 radical (unpaired) electrons. The smallest absolute Gasteiger partial charge is 0.487 e. The Hall–Kier alpha value is -4.34. The van der Waals surface area contributed by atoms with Gasteiger partial charge in [-0.3, -0.25) is 9.78 Å². The predicted octanol–water partition coefficient (Wildman–Crippen LogP) is 4.43. The Kier molecular flexibility index (Phi) is 8.82. The fourth-order valence-electron chi connectivity index (χ4n) is 2.78. The van der Waals surface area contributed by atoms with Crippen molar-refractivity contribution in [2.75, 3.05) is 6.61 Å². The Morgan fingerprint density at radius 1 is 0.971 bits per heavy atom. The first kappa shape index (κ1) is 25.3. The zero-order chi connectivity index (χ0) is 25.1. The van der Waals surface area contributed by atoms with Gasteiger partial charge in [0.15, 0.2) is 6.61 Å². The Morgan fingerprint density at radius 3 is 2.43 bits per heavy atom. The summed E-state index contributed by atoms with van der Waals surface area (Å²) >= 11 is 0. The number of benzene rings is 2. The van der Waals surface area contributed by atoms with E-state index in [1.807, 2.05) is 18.2 Å². The summed E-state index contributed by atoms with van der Waals surface area (Å²) in [4.78, 5) is 27.9. The summed E-state index contributed by atoms with van der Waals surface area (Å²) in [5.41, 5.74) is 1.62. The highest BCUT2D eigenvalue weighted by Gasteiger charge is 2.32. The number of hydrogen-bond acceptors (Lipinski definition) is 6. The zero-order valence-electron chi connectivity index (χ0n) is 18.3. The lowest BCUT2D eigenvalue weighted by atomic mass is 10.2. The van der Waals surface area contributed by atoms with Crippen molar-refractivity contribution in [2.24, 2.45) is 0 Å². The number of nitrogens with one attached hydrogen (secondary N) is 1. The summed E-state index contributed by atoms with van der Waals surface area (Å²) in [5, 5.41) is 2.38. The van der Waals surface area contributed by atoms with Gasteiger partial charge < -0.3 is 19.5 Å². The summed E-state index contributed by atoms with van der Waals surface area (Å²) in [6.45, 7) is -0.496. The fraction of sp³-hybridized carbons (Fsp3) is 0.160. The van der Waals surface area contributed by atoms with Crippen LogP contribution in [0.2, 0.25) is 0 Å². The van der Waals surface area contributed by atoms with Gasteiger partial charge in [0.05, 0.1) is 5.69 Å². The molecule has 0 unspecified atom stereocenters. The molecule has 0 fully saturated rings. The topological polar surface area (TPSA) is 86.8 Å². The van der Waals surface area contributed by atoms with E-state index >= 15 is 0 Å². The Bertz CT molecular complexity index is 1150. The van der Waals surface area contributed by atoms with E-state index in [2.05, 4.69) is 15.0 Å². The van der Waals surface area contributed by atoms with Crippen molar-refractivity contribution in [1.29, 1.82) is 0 Å². The van der Waals surface area contributed by atoms with Gasteiger partial charge in [-0.1, -0.05) is 36.4 Å². The molecule has 1 heterocycles. The Labute approximate surface area is 199 Å². The molecular weight excluding hydrogens is 465 g/mol. The number of alkyl halides is 3. The maximum absolute atomic E-state index is 12.5. The second kappa shape index (κ2) is 12.2. The lowest BCUT2D eigenvalue weighted by Gasteiger charge is -2.13. The molecule has 0 aliphatic heterocycles. The van der Waals surface area contributed by atoms with Crippen molar-refractivity contribution in [1.82, 2.24) is 10.3 Å². The van der Waals surface area contributed by atoms with Gasteiger partial charge in [-0.15, -0.1) is 13.2 Å². The van der Waals surface area contributed by atoms with Crippen LogP contribution in [0.3, 0.4) is 0 Å². The minimum Gasteiger partial charge on any atom is -0.487 e. The van der Waals surface area contributed by atoms with E-state index in [4.69, 9.17) is 9.47 Å². The molecule has 1 aromatic heterocycles. The molecular formula is C25H21F3N2O5. The van der Waals surface area contributed by atoms with Crippen LogP contribution in [0.25, 0.3) is 6.08 Å². The van der Waals surface area contributed by atoms with Crippen LogP contribution in [0.15, 0.2) is 79.0 Å². The number of carbonyl (C=O) groups excluding carboxylic acids is 2. The van der Waals surface area contributed by atoms with Gasteiger partial charge in [-0.05, 0) is 42.0 Å². The fourth-order valence-corrected chi connectivity index (χ4v) is 2.78. The van der Waals surface area contributed by atoms with E-state index in [9.17, 15) is 22.8 Å². The third-order valence-electron chi connectivity index (χ3n) is 4.42. The second-order valence-electron chi connectivity index (χ2n) is 7.05. The summed E-state index contributed by atoms with van der Waals surface area (Å²) in [6.07, 6.45) is -0.506. The molecule has 2 aromatic carbocycles. The zero-order valence-corrected chi connectivity index (χ0v) is 18.3. The lowest BCUT2D eigenvalue weighted by molar-refractivity contribution is -0.274. The highest BCUT2D eigenvalue weighted by Crippen LogP contribution is 2.26. The van der Waals surface area contributed by atoms with E-state index in [0.717, 1.165) is 17.8 Å². The summed E-state index contributed by atoms with van der Waals surface area (Å²) in [7, 11) is 0. The first-order valence-electron chi connectivity index (χ1n) is 10.4. The number of aromatic nitrogens is 1. The van der Waals surface area contributed by atoms with Crippen LogP contribution in [0.5, 0.6) is 11.5 Å². The molecule has 0 spiro atoms. The molecule has 3 rings (SSSR count). The quantitative estimate of drug-likeness (QED) is 0.337. The van der Waals surface area contributed by atoms with E-state index < -0.39 is 30.6 Å². The third kappa shape index (κ3) is 9.20. The van der Waals surface area contributed by atoms with E-state index in [1.165, 1.54) is 24.3 Å². The number of amides is 1. The Balaban J connectivity index is 1.40. The van der Waals surface area contributed by atoms with Crippen LogP contribution >= 0.6 is 0 Å². The van der Waals surface area contributed by atoms with Crippen LogP contribution < -0.4 is 14.8 Å². The third-order valence-corrected chi connectivity index (χ3v) is 4.42. The molecule has 35 heavy (non-hydrogen) atoms. The first-order chi connectivity index (χ1) is 16.8. The molecule has 0 bridgehead atoms. The minimum atomic E-state index is -4.85. The van der Waals surface area contributed by atoms with Crippen LogP contribution in [-0.2, 0) is 27.5 Å². The molecule has 0 atom stereocenters. The minimum absolute atomic E-state index is 0.122. The molecule has 10 heteroatoms. The predicted molar refractivity (Wildman–Crippen MR) is 120 cm³/mol. The van der Waals surface area contributed by atoms with Gasteiger partial charge in [-0.25, -0.2) is 4.79 Å². The SMILES string of the molecule is O=C(COC(=O)C=Cc1ccc(OCc2ccccn2)cc1)NCc1ccccc1OC(F)(F)F. The second-order valence-corrected chi connectivity index (χ2v) is 7.05. The summed E-state index contributed by atoms with van der Waals surface area (Å²) in [6, 6.07) is 17.9. The largest absolute Gasteiger partial charge is 0.573 e. The molecule has 1 amide bonds. The number of esters is 1. The normalized spacial score (nSPS) is 11.2. The standard InChI is InChI=1S/C25H21F3N2O5/c26-25(27,28)35-22-7-2-1-5-19(22)15-30-23(31)17-34-24(32)13-10-18-8-11-21(12-9-18)33-16-20-6-3-4-14-29-20/h1-14H,15-17H2,(H,30,31). The maximum Gasteiger partial charge on any atom is 0.573 e. The number of halogens is 3. The van der Waals surface area contributed by atoms with Crippen LogP contribution in [0.1, 0.15) is 16.8 Å². The maximum atomic E-state index is 12.5. The average molecular weight is 486 g/mol. The highest BCUT2D eigenvalue weighted by atomic mass is 19.4. The summed E-state index contributed by atoms with van der Waals surface area (Å²) < 4.78 is 51.8. The molecule has 0 saturated heterocycles. The summed E-state index contributed by atoms with van der Waals surface area (Å²) in [5.74, 6) is -1.22. The lowest BCUT2D eigenvalue weighted by Crippen LogP contribution is -2.28. The molecule has 182 valence electrons. The number of rotatable bonds is 10. The monoisotopic (exact) mass is 486 g/mol. The van der Waals surface area contributed by atoms with Crippen molar-refractivity contribution >= 4 is 18.0 Å². The van der Waals surface area contributed by atoms with Crippen molar-refractivity contribution in [3.05, 3.63) is 95.8 Å². The molecule has 0 saturated carbocycles. The van der Waals surface area contributed by atoms with Crippen molar-refractivity contribution in [3.63, 3.8) is 0 Å². The molecule has 0 aliphatic carbocycles. The van der Waals surface area contributed by atoms with E-state index in [1.54, 1.807) is 30.5 Å². The molecule has 0 aliphatic rings. The number of hydrogen-bond donors (Lipinski definition) is 1. The first-order valence-corrected chi connectivity index (χ1v) is 10.4. The van der Waals surface area contributed by atoms with Crippen LogP contribution in [0.4, 0.5) is 13.2 Å². The van der Waals surface area contributed by atoms with Gasteiger partial charge in [0.2, 0.25) is 0 Å². The van der Waals surface area contributed by atoms with Gasteiger partial charge in [0.25, 0.3) is 5.91 Å². The molecule has 3 aromatic rings. The van der Waals surface area contributed by atoms with Gasteiger partial charge in [0.1, 0.15) is 18.1 Å².